The highest BCUT2D eigenvalue weighted by atomic mass is 35.5. The van der Waals surface area contributed by atoms with Gasteiger partial charge in [-0.3, -0.25) is 14.6 Å². The number of amides is 2. The molecule has 208 valence electrons. The van der Waals surface area contributed by atoms with Gasteiger partial charge in [-0.1, -0.05) is 40.6 Å². The average Bonchev–Trinajstić information content (AvgIpc) is 3.50. The van der Waals surface area contributed by atoms with Crippen LogP contribution in [0.2, 0.25) is 10.0 Å². The van der Waals surface area contributed by atoms with Crippen LogP contribution in [0.25, 0.3) is 0 Å². The minimum atomic E-state index is -0.619. The molecule has 0 unspecified atom stereocenters. The third-order valence-corrected chi connectivity index (χ3v) is 8.22. The molecule has 1 aliphatic rings. The number of pyridine rings is 1. The molecule has 39 heavy (non-hydrogen) atoms. The summed E-state index contributed by atoms with van der Waals surface area (Å²) in [6, 6.07) is 5.07. The Morgan fingerprint density at radius 3 is 2.67 bits per heavy atom. The number of H-pyrrole nitrogens is 1. The molecule has 11 nitrogen and oxygen atoms in total. The van der Waals surface area contributed by atoms with E-state index in [0.717, 1.165) is 11.3 Å². The highest BCUT2D eigenvalue weighted by Crippen LogP contribution is 2.31. The van der Waals surface area contributed by atoms with E-state index in [1.807, 2.05) is 11.0 Å². The number of nitrogens with zero attached hydrogens (tertiary/aromatic N) is 3. The number of carbonyl (C=O) groups is 3. The topological polar surface area (TPSA) is 139 Å². The Kier molecular flexibility index (Phi) is 9.44. The second kappa shape index (κ2) is 12.8. The van der Waals surface area contributed by atoms with Crippen molar-refractivity contribution in [2.24, 2.45) is 0 Å². The molecule has 14 heteroatoms. The van der Waals surface area contributed by atoms with E-state index in [-0.39, 0.29) is 46.4 Å². The van der Waals surface area contributed by atoms with Crippen LogP contribution in [0.15, 0.2) is 24.4 Å². The standard InChI is InChI=1S/C25H28Cl2N6O5S/c1-4-38-24(36)21-20(22(34)29-11-14-7-5-6-9-28-14)32-25(39-21)33-10-8-15(16(12-33)37-3)31-23(35)19-18(27)17(26)13(2)30-19/h5-7,9,15-16,30H,4,8,10-12H2,1-3H3,(H,29,34)(H,31,35)/t15-,16+/m1/s1. The number of methoxy groups -OCH3 is 1. The van der Waals surface area contributed by atoms with Crippen molar-refractivity contribution >= 4 is 57.5 Å². The third kappa shape index (κ3) is 6.52. The molecule has 2 amide bonds. The van der Waals surface area contributed by atoms with Gasteiger partial charge in [0.15, 0.2) is 10.8 Å². The summed E-state index contributed by atoms with van der Waals surface area (Å²) in [7, 11) is 1.55. The maximum absolute atomic E-state index is 13.0. The van der Waals surface area contributed by atoms with Crippen LogP contribution >= 0.6 is 34.5 Å². The van der Waals surface area contributed by atoms with Crippen molar-refractivity contribution in [3.05, 3.63) is 62.1 Å². The van der Waals surface area contributed by atoms with Crippen LogP contribution in [0.5, 0.6) is 0 Å². The molecule has 0 radical (unpaired) electrons. The van der Waals surface area contributed by atoms with Gasteiger partial charge in [-0.05, 0) is 32.4 Å². The van der Waals surface area contributed by atoms with E-state index in [1.54, 1.807) is 39.3 Å². The lowest BCUT2D eigenvalue weighted by atomic mass is 10.0. The van der Waals surface area contributed by atoms with E-state index in [2.05, 4.69) is 25.6 Å². The molecule has 4 heterocycles. The summed E-state index contributed by atoms with van der Waals surface area (Å²) in [4.78, 5) is 52.2. The molecule has 0 spiro atoms. The number of aromatic nitrogens is 3. The first-order valence-electron chi connectivity index (χ1n) is 12.2. The van der Waals surface area contributed by atoms with Crippen LogP contribution in [0, 0.1) is 6.92 Å². The van der Waals surface area contributed by atoms with Gasteiger partial charge < -0.3 is 30.0 Å². The number of anilines is 1. The molecule has 3 N–H and O–H groups in total. The van der Waals surface area contributed by atoms with Crippen LogP contribution in [0.3, 0.4) is 0 Å². The minimum Gasteiger partial charge on any atom is -0.462 e. The molecule has 0 aromatic carbocycles. The van der Waals surface area contributed by atoms with E-state index >= 15 is 0 Å². The summed E-state index contributed by atoms with van der Waals surface area (Å²) in [5, 5.41) is 6.68. The van der Waals surface area contributed by atoms with Crippen LogP contribution in [-0.2, 0) is 16.0 Å². The van der Waals surface area contributed by atoms with Gasteiger partial charge in [0.2, 0.25) is 0 Å². The van der Waals surface area contributed by atoms with Gasteiger partial charge in [0.25, 0.3) is 11.8 Å². The smallest absolute Gasteiger partial charge is 0.350 e. The number of hydrogen-bond donors (Lipinski definition) is 3. The lowest BCUT2D eigenvalue weighted by Gasteiger charge is -2.37. The molecule has 2 atom stereocenters. The van der Waals surface area contributed by atoms with Gasteiger partial charge >= 0.3 is 5.97 Å². The van der Waals surface area contributed by atoms with Crippen molar-refractivity contribution in [1.29, 1.82) is 0 Å². The number of thiazole rings is 1. The number of nitrogens with one attached hydrogen (secondary N) is 3. The predicted molar refractivity (Wildman–Crippen MR) is 148 cm³/mol. The maximum atomic E-state index is 13.0. The number of halogens is 2. The zero-order chi connectivity index (χ0) is 28.1. The van der Waals surface area contributed by atoms with Gasteiger partial charge in [-0.2, -0.15) is 0 Å². The van der Waals surface area contributed by atoms with E-state index in [1.165, 1.54) is 0 Å². The van der Waals surface area contributed by atoms with Crippen molar-refractivity contribution in [2.75, 3.05) is 31.7 Å². The number of esters is 1. The molecule has 3 aromatic heterocycles. The summed E-state index contributed by atoms with van der Waals surface area (Å²) in [6.07, 6.45) is 1.75. The maximum Gasteiger partial charge on any atom is 0.350 e. The monoisotopic (exact) mass is 594 g/mol. The Morgan fingerprint density at radius 1 is 1.23 bits per heavy atom. The van der Waals surface area contributed by atoms with Gasteiger partial charge in [0.05, 0.1) is 41.0 Å². The summed E-state index contributed by atoms with van der Waals surface area (Å²) < 4.78 is 10.9. The minimum absolute atomic E-state index is 0.0117. The molecule has 1 aliphatic heterocycles. The van der Waals surface area contributed by atoms with Crippen molar-refractivity contribution in [2.45, 2.75) is 39.0 Å². The Morgan fingerprint density at radius 2 is 2.03 bits per heavy atom. The number of aromatic amines is 1. The Labute approximate surface area is 239 Å². The second-order valence-electron chi connectivity index (χ2n) is 8.74. The summed E-state index contributed by atoms with van der Waals surface area (Å²) >= 11 is 13.4. The Hall–Kier alpha value is -3.19. The number of hydrogen-bond acceptors (Lipinski definition) is 9. The number of ether oxygens (including phenoxy) is 2. The summed E-state index contributed by atoms with van der Waals surface area (Å²) in [5.41, 5.74) is 1.45. The fourth-order valence-corrected chi connectivity index (χ4v) is 5.56. The summed E-state index contributed by atoms with van der Waals surface area (Å²) in [5.74, 6) is -1.51. The van der Waals surface area contributed by atoms with E-state index in [9.17, 15) is 14.4 Å². The third-order valence-electron chi connectivity index (χ3n) is 6.18. The molecule has 4 rings (SSSR count). The van der Waals surface area contributed by atoms with Crippen LogP contribution < -0.4 is 15.5 Å². The second-order valence-corrected chi connectivity index (χ2v) is 10.5. The lowest BCUT2D eigenvalue weighted by Crippen LogP contribution is -2.55. The van der Waals surface area contributed by atoms with Crippen LogP contribution in [0.1, 0.15) is 55.4 Å². The van der Waals surface area contributed by atoms with Crippen LogP contribution in [-0.4, -0.2) is 71.7 Å². The number of carbonyl (C=O) groups excluding carboxylic acids is 3. The molecule has 1 fully saturated rings. The first-order chi connectivity index (χ1) is 18.7. The van der Waals surface area contributed by atoms with E-state index < -0.39 is 18.0 Å². The highest BCUT2D eigenvalue weighted by Gasteiger charge is 2.34. The first-order valence-corrected chi connectivity index (χ1v) is 13.8. The molecule has 1 saturated heterocycles. The quantitative estimate of drug-likeness (QED) is 0.319. The van der Waals surface area contributed by atoms with Gasteiger partial charge in [-0.15, -0.1) is 0 Å². The lowest BCUT2D eigenvalue weighted by molar-refractivity contribution is 0.0527. The number of rotatable bonds is 9. The van der Waals surface area contributed by atoms with Crippen molar-refractivity contribution in [3.8, 4) is 0 Å². The molecular formula is C25H28Cl2N6O5S. The van der Waals surface area contributed by atoms with E-state index in [0.29, 0.717) is 41.1 Å². The zero-order valence-corrected chi connectivity index (χ0v) is 23.9. The number of aryl methyl sites for hydroxylation is 1. The van der Waals surface area contributed by atoms with Crippen molar-refractivity contribution < 1.29 is 23.9 Å². The largest absolute Gasteiger partial charge is 0.462 e. The molecule has 3 aromatic rings. The molecule has 0 saturated carbocycles. The fraction of sp³-hybridized carbons (Fsp3) is 0.400. The molecule has 0 aliphatic carbocycles. The Bertz CT molecular complexity index is 1350. The Balaban J connectivity index is 1.48. The van der Waals surface area contributed by atoms with Gasteiger partial charge in [-0.25, -0.2) is 9.78 Å². The van der Waals surface area contributed by atoms with Gasteiger partial charge in [0.1, 0.15) is 10.6 Å². The van der Waals surface area contributed by atoms with Crippen LogP contribution in [0.4, 0.5) is 5.13 Å². The highest BCUT2D eigenvalue weighted by molar-refractivity contribution is 7.17. The molecule has 0 bridgehead atoms. The predicted octanol–water partition coefficient (Wildman–Crippen LogP) is 3.61. The van der Waals surface area contributed by atoms with Crippen molar-refractivity contribution in [1.82, 2.24) is 25.6 Å². The van der Waals surface area contributed by atoms with Crippen molar-refractivity contribution in [3.63, 3.8) is 0 Å². The van der Waals surface area contributed by atoms with Gasteiger partial charge in [0, 0.05) is 32.1 Å². The zero-order valence-electron chi connectivity index (χ0n) is 21.5. The average molecular weight is 596 g/mol. The SMILES string of the molecule is CCOC(=O)c1sc(N2CC[C@@H](NC(=O)c3[nH]c(C)c(Cl)c3Cl)[C@@H](OC)C2)nc1C(=O)NCc1ccccn1. The fourth-order valence-electron chi connectivity index (χ4n) is 4.15. The normalized spacial score (nSPS) is 17.1. The number of piperidine rings is 1. The van der Waals surface area contributed by atoms with E-state index in [4.69, 9.17) is 32.7 Å². The summed E-state index contributed by atoms with van der Waals surface area (Å²) in [6.45, 7) is 4.62. The molecular weight excluding hydrogens is 567 g/mol. The first kappa shape index (κ1) is 28.8.